The van der Waals surface area contributed by atoms with Crippen LogP contribution in [-0.2, 0) is 9.53 Å². The smallest absolute Gasteiger partial charge is 0.307 e. The molecule has 0 unspecified atom stereocenters. The molecule has 0 radical (unpaired) electrons. The van der Waals surface area contributed by atoms with E-state index in [-0.39, 0.29) is 12.1 Å². The summed E-state index contributed by atoms with van der Waals surface area (Å²) in [5, 5.41) is 0. The maximum Gasteiger partial charge on any atom is 0.307 e. The molecule has 4 rings (SSSR count). The SMILES string of the molecule is CC(C)CCC[C@H](C)[C@H]1CC[C@H]2[C@@H]3CC=C4C[C@H](OC(=O)C[C@@H](C)I)CC[C@]4(C)[C@H]3CC[C@]12C. The standard InChI is InChI=1S/C31H51IO2/c1-20(2)8-7-9-21(3)26-12-13-27-25-11-10-23-19-24(34-29(33)18-22(4)32)14-16-30(23,5)28(25)15-17-31(26,27)6/h10,20-22,24-28H,7-9,11-19H2,1-6H3/t21-,22+,24+,25-,26+,27-,28-,30-,31+/m0/s1. The Kier molecular flexibility index (Phi) is 8.52. The van der Waals surface area contributed by atoms with Gasteiger partial charge in [-0.15, -0.1) is 0 Å². The van der Waals surface area contributed by atoms with Crippen LogP contribution in [0, 0.1) is 46.3 Å². The Bertz CT molecular complexity index is 757. The van der Waals surface area contributed by atoms with Gasteiger partial charge in [0.25, 0.3) is 0 Å². The Morgan fingerprint density at radius 2 is 1.82 bits per heavy atom. The predicted octanol–water partition coefficient (Wildman–Crippen LogP) is 9.15. The van der Waals surface area contributed by atoms with E-state index in [0.717, 1.165) is 48.3 Å². The zero-order valence-electron chi connectivity index (χ0n) is 22.9. The zero-order chi connectivity index (χ0) is 24.7. The number of alkyl halides is 1. The van der Waals surface area contributed by atoms with Crippen molar-refractivity contribution in [2.24, 2.45) is 46.3 Å². The van der Waals surface area contributed by atoms with Gasteiger partial charge in [0, 0.05) is 10.3 Å². The van der Waals surface area contributed by atoms with Gasteiger partial charge in [-0.05, 0) is 91.3 Å². The molecule has 3 saturated carbocycles. The van der Waals surface area contributed by atoms with E-state index in [1.165, 1.54) is 57.8 Å². The fourth-order valence-corrected chi connectivity index (χ4v) is 9.58. The van der Waals surface area contributed by atoms with E-state index in [1.54, 1.807) is 5.57 Å². The third kappa shape index (κ3) is 5.30. The highest BCUT2D eigenvalue weighted by Gasteiger charge is 2.59. The minimum Gasteiger partial charge on any atom is -0.462 e. The number of rotatable bonds is 8. The summed E-state index contributed by atoms with van der Waals surface area (Å²) < 4.78 is 6.27. The molecule has 34 heavy (non-hydrogen) atoms. The lowest BCUT2D eigenvalue weighted by Gasteiger charge is -2.58. The summed E-state index contributed by atoms with van der Waals surface area (Å²) in [7, 11) is 0. The number of fused-ring (bicyclic) bond motifs is 5. The van der Waals surface area contributed by atoms with E-state index in [2.05, 4.69) is 70.2 Å². The van der Waals surface area contributed by atoms with E-state index in [4.69, 9.17) is 4.74 Å². The van der Waals surface area contributed by atoms with Crippen LogP contribution < -0.4 is 0 Å². The molecule has 0 aromatic rings. The molecule has 4 aliphatic rings. The van der Waals surface area contributed by atoms with Gasteiger partial charge in [-0.25, -0.2) is 0 Å². The molecule has 9 atom stereocenters. The van der Waals surface area contributed by atoms with Crippen molar-refractivity contribution in [2.45, 2.75) is 129 Å². The molecule has 0 aromatic carbocycles. The number of carbonyl (C=O) groups excluding carboxylic acids is 1. The number of hydrogen-bond donors (Lipinski definition) is 0. The lowest BCUT2D eigenvalue weighted by molar-refractivity contribution is -0.151. The maximum absolute atomic E-state index is 12.3. The molecule has 194 valence electrons. The van der Waals surface area contributed by atoms with Crippen LogP contribution in [0.3, 0.4) is 0 Å². The molecule has 2 nitrogen and oxygen atoms in total. The molecule has 0 aliphatic heterocycles. The first-order valence-electron chi connectivity index (χ1n) is 14.6. The van der Waals surface area contributed by atoms with Gasteiger partial charge in [0.15, 0.2) is 0 Å². The number of allylic oxidation sites excluding steroid dienone is 1. The third-order valence-electron chi connectivity index (χ3n) is 11.0. The van der Waals surface area contributed by atoms with Crippen molar-refractivity contribution in [3.05, 3.63) is 11.6 Å². The van der Waals surface area contributed by atoms with Crippen LogP contribution in [-0.4, -0.2) is 16.0 Å². The van der Waals surface area contributed by atoms with Crippen molar-refractivity contribution in [3.63, 3.8) is 0 Å². The predicted molar refractivity (Wildman–Crippen MR) is 151 cm³/mol. The van der Waals surface area contributed by atoms with Crippen molar-refractivity contribution in [2.75, 3.05) is 0 Å². The van der Waals surface area contributed by atoms with E-state index in [9.17, 15) is 4.79 Å². The lowest BCUT2D eigenvalue weighted by atomic mass is 9.47. The minimum absolute atomic E-state index is 0.00210. The second-order valence-corrected chi connectivity index (χ2v) is 15.8. The fourth-order valence-electron chi connectivity index (χ4n) is 9.22. The average Bonchev–Trinajstić information content (AvgIpc) is 3.10. The molecule has 0 amide bonds. The average molecular weight is 583 g/mol. The Balaban J connectivity index is 1.42. The van der Waals surface area contributed by atoms with Crippen LogP contribution in [0.2, 0.25) is 0 Å². The Hall–Kier alpha value is -0.0600. The maximum atomic E-state index is 12.3. The first kappa shape index (κ1) is 27.0. The molecule has 0 bridgehead atoms. The second kappa shape index (κ2) is 10.7. The highest BCUT2D eigenvalue weighted by molar-refractivity contribution is 14.1. The van der Waals surface area contributed by atoms with E-state index in [0.29, 0.717) is 21.2 Å². The number of esters is 1. The summed E-state index contributed by atoms with van der Waals surface area (Å²) in [6.07, 6.45) is 17.8. The van der Waals surface area contributed by atoms with Gasteiger partial charge in [0.05, 0.1) is 6.42 Å². The molecule has 3 fully saturated rings. The molecule has 3 heteroatoms. The number of halogens is 1. The van der Waals surface area contributed by atoms with Crippen LogP contribution in [0.25, 0.3) is 0 Å². The van der Waals surface area contributed by atoms with Gasteiger partial charge in [0.2, 0.25) is 0 Å². The first-order chi connectivity index (χ1) is 16.0. The number of carbonyl (C=O) groups is 1. The number of ether oxygens (including phenoxy) is 1. The topological polar surface area (TPSA) is 26.3 Å². The summed E-state index contributed by atoms with van der Waals surface area (Å²) in [5.41, 5.74) is 2.52. The van der Waals surface area contributed by atoms with Crippen LogP contribution in [0.5, 0.6) is 0 Å². The quantitative estimate of drug-likeness (QED) is 0.123. The summed E-state index contributed by atoms with van der Waals surface area (Å²) in [6, 6.07) is 0. The van der Waals surface area contributed by atoms with Crippen LogP contribution in [0.4, 0.5) is 0 Å². The van der Waals surface area contributed by atoms with Crippen molar-refractivity contribution < 1.29 is 9.53 Å². The largest absolute Gasteiger partial charge is 0.462 e. The Morgan fingerprint density at radius 3 is 2.53 bits per heavy atom. The highest BCUT2D eigenvalue weighted by atomic mass is 127. The Labute approximate surface area is 224 Å². The van der Waals surface area contributed by atoms with Crippen molar-refractivity contribution >= 4 is 28.6 Å². The van der Waals surface area contributed by atoms with Gasteiger partial charge in [-0.3, -0.25) is 4.79 Å². The monoisotopic (exact) mass is 582 g/mol. The van der Waals surface area contributed by atoms with Gasteiger partial charge in [-0.1, -0.05) is 95.0 Å². The van der Waals surface area contributed by atoms with Gasteiger partial charge in [0.1, 0.15) is 6.10 Å². The molecule has 0 heterocycles. The second-order valence-electron chi connectivity index (χ2n) is 13.6. The van der Waals surface area contributed by atoms with Crippen molar-refractivity contribution in [1.29, 1.82) is 0 Å². The molecule has 0 N–H and O–H groups in total. The summed E-state index contributed by atoms with van der Waals surface area (Å²) in [4.78, 5) is 12.3. The summed E-state index contributed by atoms with van der Waals surface area (Å²) in [5.74, 6) is 5.28. The Morgan fingerprint density at radius 1 is 1.06 bits per heavy atom. The summed E-state index contributed by atoms with van der Waals surface area (Å²) >= 11 is 2.32. The van der Waals surface area contributed by atoms with Gasteiger partial charge < -0.3 is 4.74 Å². The van der Waals surface area contributed by atoms with Crippen molar-refractivity contribution in [3.8, 4) is 0 Å². The summed E-state index contributed by atoms with van der Waals surface area (Å²) in [6.45, 7) is 14.7. The molecule has 0 saturated heterocycles. The number of hydrogen-bond acceptors (Lipinski definition) is 2. The molecular formula is C31H51IO2. The minimum atomic E-state index is -0.00210. The third-order valence-corrected chi connectivity index (χ3v) is 11.4. The van der Waals surface area contributed by atoms with E-state index in [1.807, 2.05) is 0 Å². The van der Waals surface area contributed by atoms with E-state index < -0.39 is 0 Å². The van der Waals surface area contributed by atoms with Crippen LogP contribution >= 0.6 is 22.6 Å². The molecule has 4 aliphatic carbocycles. The van der Waals surface area contributed by atoms with Crippen LogP contribution in [0.1, 0.15) is 119 Å². The van der Waals surface area contributed by atoms with Gasteiger partial charge >= 0.3 is 5.97 Å². The molecule has 0 aromatic heterocycles. The lowest BCUT2D eigenvalue weighted by Crippen LogP contribution is -2.51. The highest BCUT2D eigenvalue weighted by Crippen LogP contribution is 2.67. The van der Waals surface area contributed by atoms with Crippen molar-refractivity contribution in [1.82, 2.24) is 0 Å². The van der Waals surface area contributed by atoms with Crippen LogP contribution in [0.15, 0.2) is 11.6 Å². The van der Waals surface area contributed by atoms with Gasteiger partial charge in [-0.2, -0.15) is 0 Å². The fraction of sp³-hybridized carbons (Fsp3) is 0.903. The molecule has 0 spiro atoms. The first-order valence-corrected chi connectivity index (χ1v) is 15.8. The normalized spacial score (nSPS) is 41.2. The molecular weight excluding hydrogens is 531 g/mol. The zero-order valence-corrected chi connectivity index (χ0v) is 25.0. The van der Waals surface area contributed by atoms with E-state index >= 15 is 0 Å².